The first-order valence-electron chi connectivity index (χ1n) is 12.7. The summed E-state index contributed by atoms with van der Waals surface area (Å²) in [5, 5.41) is 6.30. The fraction of sp³-hybridized carbons (Fsp3) is 0.429. The molecule has 0 saturated carbocycles. The molecule has 2 fully saturated rings. The van der Waals surface area contributed by atoms with E-state index >= 15 is 0 Å². The summed E-state index contributed by atoms with van der Waals surface area (Å²) < 4.78 is 10.7. The summed E-state index contributed by atoms with van der Waals surface area (Å²) in [6.45, 7) is 3.98. The van der Waals surface area contributed by atoms with Crippen LogP contribution in [-0.2, 0) is 31.1 Å². The molecule has 2 aromatic rings. The highest BCUT2D eigenvalue weighted by molar-refractivity contribution is 6.15. The number of likely N-dealkylation sites (tertiary alicyclic amines) is 1. The molecule has 200 valence electrons. The van der Waals surface area contributed by atoms with E-state index < -0.39 is 35.2 Å². The number of aryl methyl sites for hydroxylation is 2. The molecule has 2 aromatic carbocycles. The van der Waals surface area contributed by atoms with Crippen LogP contribution in [0.4, 0.5) is 5.69 Å². The van der Waals surface area contributed by atoms with Crippen LogP contribution in [0.5, 0.6) is 11.5 Å². The number of nitrogens with two attached hydrogens (primary N) is 1. The van der Waals surface area contributed by atoms with Gasteiger partial charge in [0.1, 0.15) is 5.54 Å². The summed E-state index contributed by atoms with van der Waals surface area (Å²) in [6.07, 6.45) is 0.685. The zero-order valence-electron chi connectivity index (χ0n) is 21.9. The predicted molar refractivity (Wildman–Crippen MR) is 139 cm³/mol. The maximum absolute atomic E-state index is 14.0. The van der Waals surface area contributed by atoms with Crippen molar-refractivity contribution >= 4 is 29.3 Å². The maximum atomic E-state index is 14.0. The molecule has 10 heteroatoms. The summed E-state index contributed by atoms with van der Waals surface area (Å²) in [7, 11) is 3.10. The van der Waals surface area contributed by atoms with Gasteiger partial charge in [0.05, 0.1) is 26.1 Å². The van der Waals surface area contributed by atoms with Crippen LogP contribution >= 0.6 is 0 Å². The molecule has 0 radical (unpaired) electrons. The van der Waals surface area contributed by atoms with Gasteiger partial charge in [0.25, 0.3) is 0 Å². The molecule has 10 nitrogen and oxygen atoms in total. The molecule has 0 bridgehead atoms. The van der Waals surface area contributed by atoms with Gasteiger partial charge in [-0.2, -0.15) is 0 Å². The second kappa shape index (κ2) is 9.43. The monoisotopic (exact) mass is 520 g/mol. The van der Waals surface area contributed by atoms with E-state index in [9.17, 15) is 19.2 Å². The van der Waals surface area contributed by atoms with Crippen LogP contribution in [0.3, 0.4) is 0 Å². The third-order valence-electron chi connectivity index (χ3n) is 8.03. The quantitative estimate of drug-likeness (QED) is 0.449. The van der Waals surface area contributed by atoms with Gasteiger partial charge in [-0.05, 0) is 49.9 Å². The molecule has 2 saturated heterocycles. The fourth-order valence-electron chi connectivity index (χ4n) is 6.36. The molecule has 0 aromatic heterocycles. The molecule has 3 aliphatic rings. The molecule has 38 heavy (non-hydrogen) atoms. The summed E-state index contributed by atoms with van der Waals surface area (Å²) in [5.41, 5.74) is 8.03. The molecule has 3 aliphatic heterocycles. The SMILES string of the molecule is COc1ccc(CCN2C(=O)C3C(CCC(N)=O)NC4(C(=O)Nc5c(C)cc(C)cc54)C3C2=O)cc1OC. The second-order valence-corrected chi connectivity index (χ2v) is 10.3. The van der Waals surface area contributed by atoms with Crippen molar-refractivity contribution in [2.24, 2.45) is 17.6 Å². The van der Waals surface area contributed by atoms with Crippen molar-refractivity contribution in [1.82, 2.24) is 10.2 Å². The third kappa shape index (κ3) is 3.82. The van der Waals surface area contributed by atoms with E-state index in [1.165, 1.54) is 4.90 Å². The summed E-state index contributed by atoms with van der Waals surface area (Å²) >= 11 is 0. The number of carbonyl (C=O) groups is 4. The van der Waals surface area contributed by atoms with Crippen LogP contribution in [0.1, 0.15) is 35.1 Å². The smallest absolute Gasteiger partial charge is 0.250 e. The van der Waals surface area contributed by atoms with Crippen molar-refractivity contribution in [2.75, 3.05) is 26.1 Å². The Bertz CT molecular complexity index is 1360. The second-order valence-electron chi connectivity index (χ2n) is 10.3. The highest BCUT2D eigenvalue weighted by Gasteiger charge is 2.70. The number of anilines is 1. The number of carbonyl (C=O) groups excluding carboxylic acids is 4. The standard InChI is InChI=1S/C28H32N4O6/c1-14-11-15(2)24-17(12-14)28(27(36)30-24)23-22(18(31-28)6-8-21(29)33)25(34)32(26(23)35)10-9-16-5-7-19(37-3)20(13-16)38-4/h5,7,11-13,18,22-23,31H,6,8-10H2,1-4H3,(H2,29,33)(H,30,36). The number of nitrogens with zero attached hydrogens (tertiary/aromatic N) is 1. The largest absolute Gasteiger partial charge is 0.493 e. The highest BCUT2D eigenvalue weighted by Crippen LogP contribution is 2.54. The number of primary amides is 1. The summed E-state index contributed by atoms with van der Waals surface area (Å²) in [4.78, 5) is 54.2. The van der Waals surface area contributed by atoms with E-state index in [2.05, 4.69) is 10.6 Å². The molecule has 0 aliphatic carbocycles. The Balaban J connectivity index is 1.50. The van der Waals surface area contributed by atoms with Crippen molar-refractivity contribution < 1.29 is 28.7 Å². The van der Waals surface area contributed by atoms with Gasteiger partial charge in [-0.1, -0.05) is 23.8 Å². The number of rotatable bonds is 8. The lowest BCUT2D eigenvalue weighted by molar-refractivity contribution is -0.142. The number of hydrogen-bond donors (Lipinski definition) is 3. The molecule has 4 atom stereocenters. The molecule has 1 spiro atoms. The number of hydrogen-bond acceptors (Lipinski definition) is 7. The van der Waals surface area contributed by atoms with Crippen LogP contribution in [0.2, 0.25) is 0 Å². The minimum Gasteiger partial charge on any atom is -0.493 e. The van der Waals surface area contributed by atoms with Gasteiger partial charge >= 0.3 is 0 Å². The van der Waals surface area contributed by atoms with E-state index in [1.807, 2.05) is 38.1 Å². The van der Waals surface area contributed by atoms with Crippen molar-refractivity contribution in [1.29, 1.82) is 0 Å². The number of benzene rings is 2. The molecule has 3 heterocycles. The Kier molecular flexibility index (Phi) is 6.38. The third-order valence-corrected chi connectivity index (χ3v) is 8.03. The summed E-state index contributed by atoms with van der Waals surface area (Å²) in [6, 6.07) is 8.75. The first-order chi connectivity index (χ1) is 18.1. The van der Waals surface area contributed by atoms with Crippen molar-refractivity contribution in [2.45, 2.75) is 44.7 Å². The van der Waals surface area contributed by atoms with E-state index in [0.717, 1.165) is 16.7 Å². The first kappa shape index (κ1) is 25.7. The van der Waals surface area contributed by atoms with Crippen LogP contribution in [0, 0.1) is 25.7 Å². The zero-order chi connectivity index (χ0) is 27.4. The Morgan fingerprint density at radius 2 is 1.79 bits per heavy atom. The average molecular weight is 521 g/mol. The van der Waals surface area contributed by atoms with Gasteiger partial charge in [-0.15, -0.1) is 0 Å². The summed E-state index contributed by atoms with van der Waals surface area (Å²) in [5.74, 6) is -2.18. The van der Waals surface area contributed by atoms with Crippen LogP contribution in [-0.4, -0.2) is 55.3 Å². The van der Waals surface area contributed by atoms with E-state index in [-0.39, 0.29) is 31.2 Å². The molecular weight excluding hydrogens is 488 g/mol. The van der Waals surface area contributed by atoms with Gasteiger partial charge in [-0.25, -0.2) is 0 Å². The number of amides is 4. The molecule has 4 amide bonds. The first-order valence-corrected chi connectivity index (χ1v) is 12.7. The molecular formula is C28H32N4O6. The minimum atomic E-state index is -1.40. The van der Waals surface area contributed by atoms with Crippen LogP contribution in [0.25, 0.3) is 0 Å². The van der Waals surface area contributed by atoms with Gasteiger partial charge in [0.2, 0.25) is 23.6 Å². The Morgan fingerprint density at radius 3 is 2.47 bits per heavy atom. The average Bonchev–Trinajstić information content (AvgIpc) is 3.46. The van der Waals surface area contributed by atoms with E-state index in [0.29, 0.717) is 29.2 Å². The van der Waals surface area contributed by atoms with Gasteiger partial charge < -0.3 is 20.5 Å². The normalized spacial score (nSPS) is 25.5. The fourth-order valence-corrected chi connectivity index (χ4v) is 6.36. The number of methoxy groups -OCH3 is 2. The number of fused-ring (bicyclic) bond motifs is 4. The van der Waals surface area contributed by atoms with Crippen LogP contribution in [0.15, 0.2) is 30.3 Å². The van der Waals surface area contributed by atoms with Crippen molar-refractivity contribution in [3.05, 3.63) is 52.6 Å². The van der Waals surface area contributed by atoms with Gasteiger partial charge in [0, 0.05) is 30.3 Å². The molecule has 5 rings (SSSR count). The maximum Gasteiger partial charge on any atom is 0.250 e. The predicted octanol–water partition coefficient (Wildman–Crippen LogP) is 1.55. The Hall–Kier alpha value is -3.92. The van der Waals surface area contributed by atoms with E-state index in [1.54, 1.807) is 20.3 Å². The van der Waals surface area contributed by atoms with Crippen molar-refractivity contribution in [3.8, 4) is 11.5 Å². The lowest BCUT2D eigenvalue weighted by atomic mass is 9.75. The molecule has 4 N–H and O–H groups in total. The topological polar surface area (TPSA) is 140 Å². The minimum absolute atomic E-state index is 0.0331. The Labute approximate surface area is 220 Å². The van der Waals surface area contributed by atoms with Gasteiger partial charge in [-0.3, -0.25) is 29.4 Å². The zero-order valence-corrected chi connectivity index (χ0v) is 21.9. The Morgan fingerprint density at radius 1 is 1.05 bits per heavy atom. The molecule has 4 unspecified atom stereocenters. The number of imide groups is 1. The lowest BCUT2D eigenvalue weighted by Gasteiger charge is -2.30. The highest BCUT2D eigenvalue weighted by atomic mass is 16.5. The van der Waals surface area contributed by atoms with Gasteiger partial charge in [0.15, 0.2) is 11.5 Å². The number of ether oxygens (including phenoxy) is 2. The number of nitrogens with one attached hydrogen (secondary N) is 2. The lowest BCUT2D eigenvalue weighted by Crippen LogP contribution is -2.53. The van der Waals surface area contributed by atoms with E-state index in [4.69, 9.17) is 15.2 Å². The van der Waals surface area contributed by atoms with Crippen LogP contribution < -0.4 is 25.8 Å². The van der Waals surface area contributed by atoms with Crippen molar-refractivity contribution in [3.63, 3.8) is 0 Å².